The molecule has 1 aromatic rings. The molecule has 0 bridgehead atoms. The quantitative estimate of drug-likeness (QED) is 0.905. The van der Waals surface area contributed by atoms with Gasteiger partial charge in [-0.2, -0.15) is 0 Å². The van der Waals surface area contributed by atoms with E-state index in [4.69, 9.17) is 10.5 Å². The number of hydrogen-bond acceptors (Lipinski definition) is 4. The molecule has 2 aliphatic rings. The summed E-state index contributed by atoms with van der Waals surface area (Å²) < 4.78 is 5.25. The van der Waals surface area contributed by atoms with Gasteiger partial charge in [-0.05, 0) is 38.3 Å². The number of pyridine rings is 1. The molecule has 1 saturated heterocycles. The number of nitrogens with zero attached hydrogens (tertiary/aromatic N) is 2. The van der Waals surface area contributed by atoms with Crippen LogP contribution in [-0.2, 0) is 0 Å². The minimum absolute atomic E-state index is 0.183. The van der Waals surface area contributed by atoms with Crippen LogP contribution in [0.3, 0.4) is 0 Å². The zero-order valence-corrected chi connectivity index (χ0v) is 11.6. The van der Waals surface area contributed by atoms with Crippen LogP contribution in [0, 0.1) is 0 Å². The summed E-state index contributed by atoms with van der Waals surface area (Å²) in [4.78, 5) is 7.21. The highest BCUT2D eigenvalue weighted by atomic mass is 16.5. The van der Waals surface area contributed by atoms with Crippen LogP contribution in [0.15, 0.2) is 18.2 Å². The number of ether oxygens (including phenoxy) is 1. The minimum atomic E-state index is 0.183. The lowest BCUT2D eigenvalue weighted by atomic mass is 10.0. The van der Waals surface area contributed by atoms with E-state index in [1.165, 1.54) is 25.7 Å². The van der Waals surface area contributed by atoms with Gasteiger partial charge >= 0.3 is 0 Å². The third-order valence-corrected chi connectivity index (χ3v) is 4.24. The topological polar surface area (TPSA) is 51.4 Å². The van der Waals surface area contributed by atoms with Crippen molar-refractivity contribution in [1.82, 2.24) is 9.88 Å². The van der Waals surface area contributed by atoms with Gasteiger partial charge < -0.3 is 10.5 Å². The van der Waals surface area contributed by atoms with Crippen molar-refractivity contribution in [1.29, 1.82) is 0 Å². The maximum absolute atomic E-state index is 6.44. The zero-order valence-electron chi connectivity index (χ0n) is 11.6. The molecule has 0 spiro atoms. The van der Waals surface area contributed by atoms with Crippen LogP contribution < -0.4 is 10.5 Å². The summed E-state index contributed by atoms with van der Waals surface area (Å²) in [5.41, 5.74) is 7.51. The first-order valence-corrected chi connectivity index (χ1v) is 7.32. The Morgan fingerprint density at radius 2 is 2.11 bits per heavy atom. The van der Waals surface area contributed by atoms with Crippen LogP contribution in [0.25, 0.3) is 0 Å². The van der Waals surface area contributed by atoms with Gasteiger partial charge in [-0.3, -0.25) is 4.90 Å². The second kappa shape index (κ2) is 5.47. The Labute approximate surface area is 115 Å². The average Bonchev–Trinajstić information content (AvgIpc) is 3.25. The number of nitrogens with two attached hydrogens (primary N) is 1. The minimum Gasteiger partial charge on any atom is -0.481 e. The Balaban J connectivity index is 1.91. The Morgan fingerprint density at radius 1 is 1.26 bits per heavy atom. The number of hydrogen-bond donors (Lipinski definition) is 1. The van der Waals surface area contributed by atoms with Crippen LogP contribution in [-0.4, -0.2) is 35.6 Å². The molecule has 0 amide bonds. The summed E-state index contributed by atoms with van der Waals surface area (Å²) in [6.45, 7) is 1.15. The molecule has 1 saturated carbocycles. The highest BCUT2D eigenvalue weighted by Crippen LogP contribution is 2.38. The maximum atomic E-state index is 6.44. The van der Waals surface area contributed by atoms with Crippen molar-refractivity contribution in [3.05, 3.63) is 23.9 Å². The Kier molecular flexibility index (Phi) is 3.71. The van der Waals surface area contributed by atoms with Crippen molar-refractivity contribution in [2.75, 3.05) is 13.7 Å². The van der Waals surface area contributed by atoms with Gasteiger partial charge in [0.05, 0.1) is 18.8 Å². The molecule has 104 valence electrons. The third kappa shape index (κ3) is 2.74. The van der Waals surface area contributed by atoms with E-state index in [-0.39, 0.29) is 12.1 Å². The fourth-order valence-corrected chi connectivity index (χ4v) is 3.13. The second-order valence-electron chi connectivity index (χ2n) is 5.68. The number of methoxy groups -OCH3 is 1. The Bertz CT molecular complexity index is 433. The van der Waals surface area contributed by atoms with Gasteiger partial charge in [-0.1, -0.05) is 12.5 Å². The first-order valence-electron chi connectivity index (χ1n) is 7.32. The fraction of sp³-hybridized carbons (Fsp3) is 0.667. The first-order chi connectivity index (χ1) is 9.29. The third-order valence-electron chi connectivity index (χ3n) is 4.24. The smallest absolute Gasteiger partial charge is 0.213 e. The second-order valence-corrected chi connectivity index (χ2v) is 5.68. The molecule has 4 heteroatoms. The van der Waals surface area contributed by atoms with Crippen LogP contribution in [0.4, 0.5) is 0 Å². The van der Waals surface area contributed by atoms with Crippen molar-refractivity contribution >= 4 is 0 Å². The summed E-state index contributed by atoms with van der Waals surface area (Å²) >= 11 is 0. The highest BCUT2D eigenvalue weighted by molar-refractivity contribution is 5.20. The van der Waals surface area contributed by atoms with Gasteiger partial charge in [0.25, 0.3) is 0 Å². The zero-order chi connectivity index (χ0) is 13.2. The monoisotopic (exact) mass is 261 g/mol. The van der Waals surface area contributed by atoms with Crippen molar-refractivity contribution in [2.24, 2.45) is 5.73 Å². The van der Waals surface area contributed by atoms with Crippen molar-refractivity contribution < 1.29 is 4.74 Å². The summed E-state index contributed by atoms with van der Waals surface area (Å²) in [5, 5.41) is 0. The largest absolute Gasteiger partial charge is 0.481 e. The van der Waals surface area contributed by atoms with Gasteiger partial charge in [0.15, 0.2) is 0 Å². The van der Waals surface area contributed by atoms with E-state index in [0.717, 1.165) is 24.7 Å². The van der Waals surface area contributed by atoms with E-state index < -0.39 is 0 Å². The molecule has 19 heavy (non-hydrogen) atoms. The number of likely N-dealkylation sites (tertiary alicyclic amines) is 1. The van der Waals surface area contributed by atoms with Gasteiger partial charge in [0, 0.05) is 18.2 Å². The van der Waals surface area contributed by atoms with E-state index in [0.29, 0.717) is 5.88 Å². The molecular weight excluding hydrogens is 238 g/mol. The highest BCUT2D eigenvalue weighted by Gasteiger charge is 2.38. The van der Waals surface area contributed by atoms with Gasteiger partial charge in [0.2, 0.25) is 5.88 Å². The normalized spacial score (nSPS) is 28.9. The molecule has 2 N–H and O–H groups in total. The van der Waals surface area contributed by atoms with E-state index in [2.05, 4.69) is 16.0 Å². The summed E-state index contributed by atoms with van der Waals surface area (Å²) in [6.07, 6.45) is 6.20. The van der Waals surface area contributed by atoms with E-state index in [1.807, 2.05) is 12.1 Å². The molecule has 1 aromatic heterocycles. The molecule has 2 unspecified atom stereocenters. The van der Waals surface area contributed by atoms with Gasteiger partial charge in [-0.15, -0.1) is 0 Å². The summed E-state index contributed by atoms with van der Waals surface area (Å²) in [6, 6.07) is 7.17. The SMILES string of the molecule is COc1cccc(C2C(N)CCCCN2C2CC2)n1. The molecule has 2 heterocycles. The lowest BCUT2D eigenvalue weighted by Crippen LogP contribution is -2.41. The lowest BCUT2D eigenvalue weighted by Gasteiger charge is -2.33. The number of rotatable bonds is 3. The molecule has 3 rings (SSSR count). The molecule has 0 aromatic carbocycles. The Morgan fingerprint density at radius 3 is 2.84 bits per heavy atom. The van der Waals surface area contributed by atoms with Crippen LogP contribution in [0.5, 0.6) is 5.88 Å². The van der Waals surface area contributed by atoms with E-state index in [9.17, 15) is 0 Å². The van der Waals surface area contributed by atoms with E-state index in [1.54, 1.807) is 7.11 Å². The fourth-order valence-electron chi connectivity index (χ4n) is 3.13. The van der Waals surface area contributed by atoms with Crippen molar-refractivity contribution in [2.45, 2.75) is 50.2 Å². The lowest BCUT2D eigenvalue weighted by molar-refractivity contribution is 0.171. The standard InChI is InChI=1S/C15H23N3O/c1-19-14-7-4-6-13(17-14)15-12(16)5-2-3-10-18(15)11-8-9-11/h4,6-7,11-12,15H,2-3,5,8-10,16H2,1H3. The van der Waals surface area contributed by atoms with Gasteiger partial charge in [0.1, 0.15) is 0 Å². The molecule has 4 nitrogen and oxygen atoms in total. The first kappa shape index (κ1) is 12.9. The van der Waals surface area contributed by atoms with Crippen molar-refractivity contribution in [3.63, 3.8) is 0 Å². The molecule has 2 fully saturated rings. The molecular formula is C15H23N3O. The molecule has 1 aliphatic carbocycles. The average molecular weight is 261 g/mol. The van der Waals surface area contributed by atoms with Crippen LogP contribution in [0.1, 0.15) is 43.8 Å². The molecule has 0 radical (unpaired) electrons. The molecule has 2 atom stereocenters. The number of aromatic nitrogens is 1. The Hall–Kier alpha value is -1.13. The summed E-state index contributed by atoms with van der Waals surface area (Å²) in [7, 11) is 1.66. The van der Waals surface area contributed by atoms with Crippen LogP contribution in [0.2, 0.25) is 0 Å². The maximum Gasteiger partial charge on any atom is 0.213 e. The van der Waals surface area contributed by atoms with Crippen LogP contribution >= 0.6 is 0 Å². The predicted molar refractivity (Wildman–Crippen MR) is 75.1 cm³/mol. The van der Waals surface area contributed by atoms with Gasteiger partial charge in [-0.25, -0.2) is 4.98 Å². The molecule has 1 aliphatic heterocycles. The summed E-state index contributed by atoms with van der Waals surface area (Å²) in [5.74, 6) is 0.685. The van der Waals surface area contributed by atoms with E-state index >= 15 is 0 Å². The predicted octanol–water partition coefficient (Wildman–Crippen LogP) is 2.11. The van der Waals surface area contributed by atoms with Crippen molar-refractivity contribution in [3.8, 4) is 5.88 Å².